The molecule has 0 heterocycles. The molecule has 0 spiro atoms. The summed E-state index contributed by atoms with van der Waals surface area (Å²) in [5, 5.41) is 30.7. The minimum Gasteiger partial charge on any atom is -0.481 e. The average molecular weight is 318 g/mol. The predicted molar refractivity (Wildman–Crippen MR) is 75.5 cm³/mol. The first-order chi connectivity index (χ1) is 10.3. The van der Waals surface area contributed by atoms with Gasteiger partial charge in [-0.25, -0.2) is 14.4 Å². The Labute approximate surface area is 127 Å². The molecule has 9 nitrogen and oxygen atoms in total. The first-order valence-electron chi connectivity index (χ1n) is 7.02. The van der Waals surface area contributed by atoms with Crippen LogP contribution in [0.25, 0.3) is 0 Å². The highest BCUT2D eigenvalue weighted by Crippen LogP contribution is 2.04. The number of carbonyl (C=O) groups is 4. The van der Waals surface area contributed by atoms with Crippen LogP contribution >= 0.6 is 0 Å². The fraction of sp³-hybridized carbons (Fsp3) is 0.692. The molecule has 5 N–H and O–H groups in total. The zero-order chi connectivity index (χ0) is 17.1. The van der Waals surface area contributed by atoms with Crippen LogP contribution in [0.5, 0.6) is 0 Å². The van der Waals surface area contributed by atoms with E-state index in [9.17, 15) is 19.2 Å². The molecule has 2 amide bonds. The normalized spacial score (nSPS) is 13.0. The van der Waals surface area contributed by atoms with Crippen molar-refractivity contribution in [2.75, 3.05) is 0 Å². The Hall–Kier alpha value is -2.32. The van der Waals surface area contributed by atoms with Gasteiger partial charge in [-0.1, -0.05) is 26.2 Å². The van der Waals surface area contributed by atoms with Gasteiger partial charge in [-0.15, -0.1) is 0 Å². The second-order valence-electron chi connectivity index (χ2n) is 4.83. The molecule has 0 aliphatic carbocycles. The molecule has 0 unspecified atom stereocenters. The van der Waals surface area contributed by atoms with E-state index in [-0.39, 0.29) is 12.8 Å². The Bertz CT molecular complexity index is 411. The summed E-state index contributed by atoms with van der Waals surface area (Å²) in [6.07, 6.45) is 1.87. The van der Waals surface area contributed by atoms with Crippen molar-refractivity contribution in [3.05, 3.63) is 0 Å². The molecule has 0 aromatic heterocycles. The van der Waals surface area contributed by atoms with E-state index in [0.29, 0.717) is 6.42 Å². The van der Waals surface area contributed by atoms with E-state index in [4.69, 9.17) is 15.3 Å². The van der Waals surface area contributed by atoms with Gasteiger partial charge in [-0.05, 0) is 12.8 Å². The van der Waals surface area contributed by atoms with Crippen LogP contribution in [0.1, 0.15) is 45.4 Å². The Morgan fingerprint density at radius 2 is 1.36 bits per heavy atom. The topological polar surface area (TPSA) is 153 Å². The van der Waals surface area contributed by atoms with E-state index in [1.165, 1.54) is 0 Å². The van der Waals surface area contributed by atoms with Crippen molar-refractivity contribution in [2.45, 2.75) is 57.5 Å². The number of carbonyl (C=O) groups excluding carboxylic acids is 1. The highest BCUT2D eigenvalue weighted by molar-refractivity contribution is 5.86. The molecule has 0 radical (unpaired) electrons. The lowest BCUT2D eigenvalue weighted by Crippen LogP contribution is -2.51. The fourth-order valence-electron chi connectivity index (χ4n) is 1.74. The molecule has 0 saturated heterocycles. The predicted octanol–water partition coefficient (Wildman–Crippen LogP) is 0.637. The Balaban J connectivity index is 4.47. The summed E-state index contributed by atoms with van der Waals surface area (Å²) in [7, 11) is 0. The van der Waals surface area contributed by atoms with Crippen LogP contribution in [0, 0.1) is 0 Å². The van der Waals surface area contributed by atoms with Crippen LogP contribution < -0.4 is 10.6 Å². The fourth-order valence-corrected chi connectivity index (χ4v) is 1.74. The lowest BCUT2D eigenvalue weighted by atomic mass is 10.1. The van der Waals surface area contributed by atoms with E-state index in [1.807, 2.05) is 6.92 Å². The molecule has 0 bridgehead atoms. The molecule has 0 fully saturated rings. The zero-order valence-electron chi connectivity index (χ0n) is 12.4. The summed E-state index contributed by atoms with van der Waals surface area (Å²) < 4.78 is 0. The molecule has 126 valence electrons. The van der Waals surface area contributed by atoms with Gasteiger partial charge in [-0.2, -0.15) is 0 Å². The number of urea groups is 1. The van der Waals surface area contributed by atoms with Crippen molar-refractivity contribution in [1.82, 2.24) is 10.6 Å². The quantitative estimate of drug-likeness (QED) is 0.350. The monoisotopic (exact) mass is 318 g/mol. The maximum Gasteiger partial charge on any atom is 0.326 e. The highest BCUT2D eigenvalue weighted by atomic mass is 16.4. The standard InChI is InChI=1S/C13H22N2O7/c1-2-3-4-5-8(11(18)19)14-13(22)15-9(12(20)21)6-7-10(16)17/h8-9H,2-7H2,1H3,(H,16,17)(H,18,19)(H,20,21)(H2,14,15,22)/t8-,9-/m0/s1. The lowest BCUT2D eigenvalue weighted by molar-refractivity contribution is -0.140. The van der Waals surface area contributed by atoms with Gasteiger partial charge in [0.05, 0.1) is 0 Å². The van der Waals surface area contributed by atoms with E-state index < -0.39 is 42.4 Å². The van der Waals surface area contributed by atoms with E-state index >= 15 is 0 Å². The van der Waals surface area contributed by atoms with Gasteiger partial charge in [-0.3, -0.25) is 4.79 Å². The Kier molecular flexibility index (Phi) is 9.31. The van der Waals surface area contributed by atoms with Crippen molar-refractivity contribution in [2.24, 2.45) is 0 Å². The summed E-state index contributed by atoms with van der Waals surface area (Å²) >= 11 is 0. The summed E-state index contributed by atoms with van der Waals surface area (Å²) in [6.45, 7) is 1.95. The van der Waals surface area contributed by atoms with Crippen LogP contribution in [0.2, 0.25) is 0 Å². The third-order valence-corrected chi connectivity index (χ3v) is 2.95. The number of unbranched alkanes of at least 4 members (excludes halogenated alkanes) is 2. The van der Waals surface area contributed by atoms with Gasteiger partial charge >= 0.3 is 23.9 Å². The molecule has 0 aliphatic rings. The van der Waals surface area contributed by atoms with Crippen LogP contribution in [-0.2, 0) is 14.4 Å². The summed E-state index contributed by atoms with van der Waals surface area (Å²) in [5.41, 5.74) is 0. The molecule has 9 heteroatoms. The molecule has 0 aromatic rings. The summed E-state index contributed by atoms with van der Waals surface area (Å²) in [5.74, 6) is -3.77. The Morgan fingerprint density at radius 3 is 1.77 bits per heavy atom. The van der Waals surface area contributed by atoms with E-state index in [1.54, 1.807) is 0 Å². The van der Waals surface area contributed by atoms with Crippen molar-refractivity contribution in [3.8, 4) is 0 Å². The van der Waals surface area contributed by atoms with Gasteiger partial charge in [0.1, 0.15) is 12.1 Å². The number of carboxylic acids is 3. The molecule has 0 aliphatic heterocycles. The number of carboxylic acid groups (broad SMARTS) is 3. The maximum atomic E-state index is 11.7. The van der Waals surface area contributed by atoms with Gasteiger partial charge in [0.15, 0.2) is 0 Å². The SMILES string of the molecule is CCCCC[C@H](NC(=O)N[C@@H](CCC(=O)O)C(=O)O)C(=O)O. The number of rotatable bonds is 11. The van der Waals surface area contributed by atoms with Gasteiger partial charge in [0, 0.05) is 6.42 Å². The number of nitrogens with one attached hydrogen (secondary N) is 2. The largest absolute Gasteiger partial charge is 0.481 e. The number of hydrogen-bond acceptors (Lipinski definition) is 4. The molecular weight excluding hydrogens is 296 g/mol. The van der Waals surface area contributed by atoms with Crippen LogP contribution in [0.3, 0.4) is 0 Å². The first kappa shape index (κ1) is 19.7. The molecule has 22 heavy (non-hydrogen) atoms. The minimum atomic E-state index is -1.39. The van der Waals surface area contributed by atoms with Crippen LogP contribution in [-0.4, -0.2) is 51.3 Å². The highest BCUT2D eigenvalue weighted by Gasteiger charge is 2.24. The molecule has 0 saturated carbocycles. The average Bonchev–Trinajstić information content (AvgIpc) is 2.41. The smallest absolute Gasteiger partial charge is 0.326 e. The number of hydrogen-bond donors (Lipinski definition) is 5. The molecule has 2 atom stereocenters. The maximum absolute atomic E-state index is 11.7. The minimum absolute atomic E-state index is 0.240. The van der Waals surface area contributed by atoms with E-state index in [2.05, 4.69) is 10.6 Å². The van der Waals surface area contributed by atoms with Gasteiger partial charge in [0.2, 0.25) is 0 Å². The van der Waals surface area contributed by atoms with Crippen molar-refractivity contribution in [1.29, 1.82) is 0 Å². The van der Waals surface area contributed by atoms with Gasteiger partial charge < -0.3 is 26.0 Å². The third-order valence-electron chi connectivity index (χ3n) is 2.95. The van der Waals surface area contributed by atoms with Crippen LogP contribution in [0.15, 0.2) is 0 Å². The molecule has 0 aromatic carbocycles. The third kappa shape index (κ3) is 8.77. The molecule has 0 rings (SSSR count). The molecular formula is C13H22N2O7. The second kappa shape index (κ2) is 10.4. The van der Waals surface area contributed by atoms with Crippen LogP contribution in [0.4, 0.5) is 4.79 Å². The second-order valence-corrected chi connectivity index (χ2v) is 4.83. The first-order valence-corrected chi connectivity index (χ1v) is 7.02. The number of amides is 2. The lowest BCUT2D eigenvalue weighted by Gasteiger charge is -2.18. The van der Waals surface area contributed by atoms with E-state index in [0.717, 1.165) is 12.8 Å². The van der Waals surface area contributed by atoms with Gasteiger partial charge in [0.25, 0.3) is 0 Å². The zero-order valence-corrected chi connectivity index (χ0v) is 12.4. The summed E-state index contributed by atoms with van der Waals surface area (Å²) in [6, 6.07) is -3.44. The van der Waals surface area contributed by atoms with Crippen molar-refractivity contribution in [3.63, 3.8) is 0 Å². The number of aliphatic carboxylic acids is 3. The summed E-state index contributed by atoms with van der Waals surface area (Å²) in [4.78, 5) is 44.0. The van der Waals surface area contributed by atoms with Crippen molar-refractivity contribution >= 4 is 23.9 Å². The van der Waals surface area contributed by atoms with Crippen molar-refractivity contribution < 1.29 is 34.5 Å². The Morgan fingerprint density at radius 1 is 0.864 bits per heavy atom.